The summed E-state index contributed by atoms with van der Waals surface area (Å²) in [7, 11) is 0. The van der Waals surface area contributed by atoms with Gasteiger partial charge in [0.25, 0.3) is 5.91 Å². The molecule has 1 amide bonds. The number of anilines is 1. The summed E-state index contributed by atoms with van der Waals surface area (Å²) in [5.41, 5.74) is 5.71. The molecular formula is C27H32N4O2. The van der Waals surface area contributed by atoms with Gasteiger partial charge >= 0.3 is 0 Å². The van der Waals surface area contributed by atoms with Gasteiger partial charge in [0.05, 0.1) is 5.69 Å². The van der Waals surface area contributed by atoms with Crippen LogP contribution in [0.1, 0.15) is 30.5 Å². The van der Waals surface area contributed by atoms with Crippen LogP contribution in [0.3, 0.4) is 0 Å². The van der Waals surface area contributed by atoms with Crippen LogP contribution in [-0.4, -0.2) is 53.3 Å². The summed E-state index contributed by atoms with van der Waals surface area (Å²) in [5, 5.41) is 8.90. The Labute approximate surface area is 196 Å². The monoisotopic (exact) mass is 444 g/mol. The highest BCUT2D eigenvalue weighted by molar-refractivity contribution is 5.81. The molecule has 0 spiro atoms. The summed E-state index contributed by atoms with van der Waals surface area (Å²) in [4.78, 5) is 16.9. The number of carbonyl (C=O) groups excluding carboxylic acids is 1. The van der Waals surface area contributed by atoms with E-state index in [-0.39, 0.29) is 5.91 Å². The summed E-state index contributed by atoms with van der Waals surface area (Å²) in [6.07, 6.45) is 0.471. The zero-order valence-electron chi connectivity index (χ0n) is 19.9. The third kappa shape index (κ3) is 5.33. The molecule has 0 saturated carbocycles. The third-order valence-corrected chi connectivity index (χ3v) is 6.36. The molecule has 0 bridgehead atoms. The van der Waals surface area contributed by atoms with Crippen LogP contribution < -0.4 is 9.64 Å². The Morgan fingerprint density at radius 1 is 0.939 bits per heavy atom. The Morgan fingerprint density at radius 2 is 1.67 bits per heavy atom. The fourth-order valence-electron chi connectivity index (χ4n) is 4.02. The van der Waals surface area contributed by atoms with E-state index in [1.54, 1.807) is 0 Å². The van der Waals surface area contributed by atoms with Gasteiger partial charge in [-0.05, 0) is 74.2 Å². The second-order valence-corrected chi connectivity index (χ2v) is 8.65. The van der Waals surface area contributed by atoms with Crippen molar-refractivity contribution in [1.29, 1.82) is 0 Å². The predicted molar refractivity (Wildman–Crippen MR) is 132 cm³/mol. The van der Waals surface area contributed by atoms with E-state index in [4.69, 9.17) is 4.74 Å². The van der Waals surface area contributed by atoms with Gasteiger partial charge in [0, 0.05) is 31.7 Å². The van der Waals surface area contributed by atoms with Crippen LogP contribution in [0.2, 0.25) is 0 Å². The lowest BCUT2D eigenvalue weighted by Crippen LogP contribution is -2.52. The van der Waals surface area contributed by atoms with E-state index in [9.17, 15) is 4.79 Å². The Balaban J connectivity index is 1.32. The van der Waals surface area contributed by atoms with Crippen LogP contribution in [0.5, 0.6) is 5.75 Å². The molecular weight excluding hydrogens is 412 g/mol. The molecule has 1 aliphatic rings. The zero-order chi connectivity index (χ0) is 23.4. The number of aryl methyl sites for hydroxylation is 3. The second-order valence-electron chi connectivity index (χ2n) is 8.65. The van der Waals surface area contributed by atoms with Gasteiger partial charge in [0.2, 0.25) is 0 Å². The molecule has 2 heterocycles. The number of hydrogen-bond donors (Lipinski definition) is 0. The normalized spacial score (nSPS) is 14.8. The summed E-state index contributed by atoms with van der Waals surface area (Å²) in [6, 6.07) is 18.3. The molecule has 6 heteroatoms. The molecule has 0 radical (unpaired) electrons. The first-order valence-electron chi connectivity index (χ1n) is 11.7. The van der Waals surface area contributed by atoms with Crippen LogP contribution in [0, 0.1) is 13.8 Å². The van der Waals surface area contributed by atoms with Crippen molar-refractivity contribution in [2.45, 2.75) is 40.2 Å². The first-order chi connectivity index (χ1) is 15.9. The Kier molecular flexibility index (Phi) is 6.92. The number of amides is 1. The van der Waals surface area contributed by atoms with Crippen molar-refractivity contribution < 1.29 is 9.53 Å². The van der Waals surface area contributed by atoms with Crippen LogP contribution in [0.4, 0.5) is 5.82 Å². The van der Waals surface area contributed by atoms with E-state index in [2.05, 4.69) is 54.1 Å². The van der Waals surface area contributed by atoms with Crippen molar-refractivity contribution in [2.24, 2.45) is 0 Å². The maximum Gasteiger partial charge on any atom is 0.263 e. The number of benzene rings is 2. The zero-order valence-corrected chi connectivity index (χ0v) is 19.9. The van der Waals surface area contributed by atoms with Crippen molar-refractivity contribution >= 4 is 11.7 Å². The molecule has 1 aromatic heterocycles. The molecule has 0 aliphatic carbocycles. The summed E-state index contributed by atoms with van der Waals surface area (Å²) in [6.45, 7) is 10.9. The lowest BCUT2D eigenvalue weighted by molar-refractivity contribution is -0.138. The number of rotatable bonds is 6. The van der Waals surface area contributed by atoms with Crippen LogP contribution in [0.15, 0.2) is 54.6 Å². The molecule has 3 aromatic rings. The maximum absolute atomic E-state index is 12.9. The van der Waals surface area contributed by atoms with Crippen molar-refractivity contribution in [3.05, 3.63) is 71.3 Å². The van der Waals surface area contributed by atoms with Crippen molar-refractivity contribution in [3.63, 3.8) is 0 Å². The van der Waals surface area contributed by atoms with Gasteiger partial charge in [-0.15, -0.1) is 10.2 Å². The van der Waals surface area contributed by atoms with Gasteiger partial charge in [0.1, 0.15) is 5.75 Å². The minimum Gasteiger partial charge on any atom is -0.481 e. The molecule has 172 valence electrons. The molecule has 1 fully saturated rings. The average Bonchev–Trinajstić information content (AvgIpc) is 2.86. The third-order valence-electron chi connectivity index (χ3n) is 6.36. The van der Waals surface area contributed by atoms with E-state index in [0.717, 1.165) is 42.3 Å². The Bertz CT molecular complexity index is 1090. The number of nitrogens with zero attached hydrogens (tertiary/aromatic N) is 4. The van der Waals surface area contributed by atoms with E-state index in [0.29, 0.717) is 13.1 Å². The molecule has 0 N–H and O–H groups in total. The predicted octanol–water partition coefficient (Wildman–Crippen LogP) is 4.44. The molecule has 4 rings (SSSR count). The largest absolute Gasteiger partial charge is 0.481 e. The summed E-state index contributed by atoms with van der Waals surface area (Å²) in [5.74, 6) is 1.59. The molecule has 1 unspecified atom stereocenters. The number of carbonyl (C=O) groups is 1. The molecule has 1 saturated heterocycles. The fourth-order valence-corrected chi connectivity index (χ4v) is 4.02. The molecule has 1 aliphatic heterocycles. The summed E-state index contributed by atoms with van der Waals surface area (Å²) >= 11 is 0. The Hall–Kier alpha value is -3.41. The molecule has 2 aromatic carbocycles. The van der Waals surface area contributed by atoms with E-state index < -0.39 is 6.10 Å². The van der Waals surface area contributed by atoms with Crippen LogP contribution in [-0.2, 0) is 11.2 Å². The summed E-state index contributed by atoms with van der Waals surface area (Å²) < 4.78 is 5.88. The number of piperazine rings is 1. The maximum atomic E-state index is 12.9. The smallest absolute Gasteiger partial charge is 0.263 e. The second kappa shape index (κ2) is 10.0. The lowest BCUT2D eigenvalue weighted by Gasteiger charge is -2.36. The quantitative estimate of drug-likeness (QED) is 0.563. The highest BCUT2D eigenvalue weighted by atomic mass is 16.5. The van der Waals surface area contributed by atoms with Crippen LogP contribution >= 0.6 is 0 Å². The van der Waals surface area contributed by atoms with Gasteiger partial charge in [0.15, 0.2) is 11.9 Å². The number of aromatic nitrogens is 2. The minimum absolute atomic E-state index is 0.0189. The standard InChI is InChI=1S/C27H32N4O2/c1-5-22-7-10-24(11-8-22)33-21(4)27(32)31-16-14-30(15-17-31)26-13-12-25(28-29-26)23-9-6-19(2)20(3)18-23/h6-13,18,21H,5,14-17H2,1-4H3. The van der Waals surface area contributed by atoms with Gasteiger partial charge in [-0.1, -0.05) is 31.2 Å². The van der Waals surface area contributed by atoms with E-state index in [1.165, 1.54) is 16.7 Å². The first kappa shape index (κ1) is 22.8. The van der Waals surface area contributed by atoms with Crippen molar-refractivity contribution in [3.8, 4) is 17.0 Å². The molecule has 1 atom stereocenters. The van der Waals surface area contributed by atoms with Gasteiger partial charge in [-0.2, -0.15) is 0 Å². The van der Waals surface area contributed by atoms with Gasteiger partial charge in [-0.3, -0.25) is 4.79 Å². The lowest BCUT2D eigenvalue weighted by atomic mass is 10.0. The first-order valence-corrected chi connectivity index (χ1v) is 11.7. The van der Waals surface area contributed by atoms with E-state index >= 15 is 0 Å². The Morgan fingerprint density at radius 3 is 2.27 bits per heavy atom. The highest BCUT2D eigenvalue weighted by Gasteiger charge is 2.26. The number of ether oxygens (including phenoxy) is 1. The average molecular weight is 445 g/mol. The minimum atomic E-state index is -0.513. The highest BCUT2D eigenvalue weighted by Crippen LogP contribution is 2.22. The van der Waals surface area contributed by atoms with Crippen molar-refractivity contribution in [1.82, 2.24) is 15.1 Å². The SMILES string of the molecule is CCc1ccc(OC(C)C(=O)N2CCN(c3ccc(-c4ccc(C)c(C)c4)nn3)CC2)cc1. The number of hydrogen-bond acceptors (Lipinski definition) is 5. The van der Waals surface area contributed by atoms with Crippen LogP contribution in [0.25, 0.3) is 11.3 Å². The molecule has 6 nitrogen and oxygen atoms in total. The van der Waals surface area contributed by atoms with Gasteiger partial charge in [-0.25, -0.2) is 0 Å². The molecule has 33 heavy (non-hydrogen) atoms. The van der Waals surface area contributed by atoms with Crippen molar-refractivity contribution in [2.75, 3.05) is 31.1 Å². The van der Waals surface area contributed by atoms with E-state index in [1.807, 2.05) is 48.2 Å². The fraction of sp³-hybridized carbons (Fsp3) is 0.370. The van der Waals surface area contributed by atoms with Gasteiger partial charge < -0.3 is 14.5 Å². The topological polar surface area (TPSA) is 58.6 Å².